The van der Waals surface area contributed by atoms with Crippen LogP contribution in [-0.2, 0) is 22.6 Å². The van der Waals surface area contributed by atoms with E-state index in [1.165, 1.54) is 0 Å². The minimum Gasteiger partial charge on any atom is -0.361 e. The second kappa shape index (κ2) is 7.84. The van der Waals surface area contributed by atoms with E-state index < -0.39 is 0 Å². The Morgan fingerprint density at radius 2 is 2.07 bits per heavy atom. The van der Waals surface area contributed by atoms with Crippen molar-refractivity contribution in [2.45, 2.75) is 32.7 Å². The summed E-state index contributed by atoms with van der Waals surface area (Å²) in [6, 6.07) is 7.97. The summed E-state index contributed by atoms with van der Waals surface area (Å²) in [5, 5.41) is 7.63. The highest BCUT2D eigenvalue weighted by atomic mass is 16.5. The van der Waals surface area contributed by atoms with E-state index in [9.17, 15) is 9.59 Å². The molecule has 4 rings (SSSR count). The molecule has 0 spiro atoms. The fourth-order valence-corrected chi connectivity index (χ4v) is 3.66. The molecule has 3 aromatic rings. The summed E-state index contributed by atoms with van der Waals surface area (Å²) in [6.45, 7) is 3.16. The minimum atomic E-state index is -0.0962. The van der Waals surface area contributed by atoms with Gasteiger partial charge in [0.1, 0.15) is 0 Å². The van der Waals surface area contributed by atoms with Gasteiger partial charge in [-0.15, -0.1) is 0 Å². The Bertz CT molecular complexity index is 985. The molecule has 2 aromatic heterocycles. The number of piperidine rings is 1. The summed E-state index contributed by atoms with van der Waals surface area (Å²) in [5.74, 6) is 0.925. The summed E-state index contributed by atoms with van der Waals surface area (Å²) in [5.41, 5.74) is 2.05. The van der Waals surface area contributed by atoms with Gasteiger partial charge in [-0.2, -0.15) is 4.98 Å². The average Bonchev–Trinajstić information content (AvgIpc) is 3.32. The normalized spacial score (nSPS) is 15.1. The molecule has 0 radical (unpaired) electrons. The van der Waals surface area contributed by atoms with Gasteiger partial charge in [0.05, 0.1) is 13.0 Å². The molecule has 1 saturated heterocycles. The maximum Gasteiger partial charge on any atom is 0.246 e. The number of amides is 2. The lowest BCUT2D eigenvalue weighted by Gasteiger charge is -2.31. The van der Waals surface area contributed by atoms with Crippen LogP contribution in [0, 0.1) is 12.8 Å². The number of nitrogens with zero attached hydrogens (tertiary/aromatic N) is 3. The number of likely N-dealkylation sites (tertiary alicyclic amines) is 1. The molecule has 146 valence electrons. The van der Waals surface area contributed by atoms with Crippen LogP contribution in [0.2, 0.25) is 0 Å². The van der Waals surface area contributed by atoms with Crippen molar-refractivity contribution in [3.8, 4) is 0 Å². The number of H-pyrrole nitrogens is 1. The molecule has 1 fully saturated rings. The zero-order valence-corrected chi connectivity index (χ0v) is 15.8. The van der Waals surface area contributed by atoms with Gasteiger partial charge in [-0.3, -0.25) is 9.59 Å². The number of hydrogen-bond acceptors (Lipinski definition) is 5. The SMILES string of the molecule is Cc1noc(CNC(=O)C2CCN(C(=O)Cc3c[nH]c4ccccc34)CC2)n1. The summed E-state index contributed by atoms with van der Waals surface area (Å²) in [6.07, 6.45) is 3.60. The number of para-hydroxylation sites is 1. The number of carbonyl (C=O) groups excluding carboxylic acids is 2. The first-order valence-electron chi connectivity index (χ1n) is 9.50. The van der Waals surface area contributed by atoms with E-state index >= 15 is 0 Å². The average molecular weight is 381 g/mol. The number of fused-ring (bicyclic) bond motifs is 1. The Balaban J connectivity index is 1.27. The van der Waals surface area contributed by atoms with Crippen LogP contribution in [0.4, 0.5) is 0 Å². The Hall–Kier alpha value is -3.16. The van der Waals surface area contributed by atoms with Gasteiger partial charge in [-0.25, -0.2) is 0 Å². The van der Waals surface area contributed by atoms with E-state index in [1.807, 2.05) is 35.4 Å². The van der Waals surface area contributed by atoms with Crippen molar-refractivity contribution in [2.75, 3.05) is 13.1 Å². The molecular formula is C20H23N5O3. The van der Waals surface area contributed by atoms with Gasteiger partial charge in [0, 0.05) is 36.1 Å². The van der Waals surface area contributed by atoms with Crippen molar-refractivity contribution >= 4 is 22.7 Å². The first-order chi connectivity index (χ1) is 13.6. The zero-order valence-electron chi connectivity index (χ0n) is 15.8. The molecule has 8 nitrogen and oxygen atoms in total. The Kier molecular flexibility index (Phi) is 5.10. The van der Waals surface area contributed by atoms with Crippen LogP contribution in [0.25, 0.3) is 10.9 Å². The highest BCUT2D eigenvalue weighted by Crippen LogP contribution is 2.21. The number of aromatic nitrogens is 3. The molecule has 0 saturated carbocycles. The van der Waals surface area contributed by atoms with Crippen molar-refractivity contribution in [3.63, 3.8) is 0 Å². The van der Waals surface area contributed by atoms with Gasteiger partial charge in [-0.05, 0) is 31.4 Å². The predicted octanol–water partition coefficient (Wildman–Crippen LogP) is 1.96. The first kappa shape index (κ1) is 18.2. The standard InChI is InChI=1S/C20H23N5O3/c1-13-23-18(28-24-13)12-22-20(27)14-6-8-25(9-7-14)19(26)10-15-11-21-17-5-3-2-4-16(15)17/h2-5,11,14,21H,6-10,12H2,1H3,(H,22,27). The van der Waals surface area contributed by atoms with Crippen LogP contribution in [0.5, 0.6) is 0 Å². The third-order valence-electron chi connectivity index (χ3n) is 5.22. The molecule has 0 bridgehead atoms. The lowest BCUT2D eigenvalue weighted by Crippen LogP contribution is -2.43. The van der Waals surface area contributed by atoms with E-state index in [0.717, 1.165) is 16.5 Å². The topological polar surface area (TPSA) is 104 Å². The molecule has 1 aromatic carbocycles. The molecular weight excluding hydrogens is 358 g/mol. The van der Waals surface area contributed by atoms with Gasteiger partial charge in [0.2, 0.25) is 17.7 Å². The molecule has 0 atom stereocenters. The number of hydrogen-bond donors (Lipinski definition) is 2. The smallest absolute Gasteiger partial charge is 0.246 e. The number of carbonyl (C=O) groups is 2. The van der Waals surface area contributed by atoms with E-state index in [-0.39, 0.29) is 24.3 Å². The zero-order chi connectivity index (χ0) is 19.5. The summed E-state index contributed by atoms with van der Waals surface area (Å²) in [4.78, 5) is 34.2. The third kappa shape index (κ3) is 3.90. The summed E-state index contributed by atoms with van der Waals surface area (Å²) < 4.78 is 5.00. The number of benzene rings is 1. The second-order valence-corrected chi connectivity index (χ2v) is 7.14. The molecule has 3 heterocycles. The molecule has 0 unspecified atom stereocenters. The van der Waals surface area contributed by atoms with Crippen molar-refractivity contribution in [2.24, 2.45) is 5.92 Å². The fraction of sp³-hybridized carbons (Fsp3) is 0.400. The van der Waals surface area contributed by atoms with Crippen LogP contribution >= 0.6 is 0 Å². The molecule has 28 heavy (non-hydrogen) atoms. The maximum atomic E-state index is 12.7. The second-order valence-electron chi connectivity index (χ2n) is 7.14. The van der Waals surface area contributed by atoms with Crippen LogP contribution in [0.15, 0.2) is 35.0 Å². The highest BCUT2D eigenvalue weighted by molar-refractivity contribution is 5.89. The first-order valence-corrected chi connectivity index (χ1v) is 9.50. The van der Waals surface area contributed by atoms with Crippen LogP contribution < -0.4 is 5.32 Å². The molecule has 1 aliphatic heterocycles. The highest BCUT2D eigenvalue weighted by Gasteiger charge is 2.27. The van der Waals surface area contributed by atoms with Crippen molar-refractivity contribution < 1.29 is 14.1 Å². The number of aryl methyl sites for hydroxylation is 1. The maximum absolute atomic E-state index is 12.7. The van der Waals surface area contributed by atoms with E-state index in [0.29, 0.717) is 44.1 Å². The molecule has 1 aliphatic rings. The van der Waals surface area contributed by atoms with Crippen LogP contribution in [-0.4, -0.2) is 44.9 Å². The number of nitrogens with one attached hydrogen (secondary N) is 2. The summed E-state index contributed by atoms with van der Waals surface area (Å²) in [7, 11) is 0. The van der Waals surface area contributed by atoms with E-state index in [2.05, 4.69) is 20.4 Å². The lowest BCUT2D eigenvalue weighted by atomic mass is 9.95. The molecule has 8 heteroatoms. The van der Waals surface area contributed by atoms with Crippen LogP contribution in [0.1, 0.15) is 30.1 Å². The monoisotopic (exact) mass is 381 g/mol. The van der Waals surface area contributed by atoms with Crippen molar-refractivity contribution in [3.05, 3.63) is 47.7 Å². The predicted molar refractivity (Wildman–Crippen MR) is 102 cm³/mol. The van der Waals surface area contributed by atoms with E-state index in [4.69, 9.17) is 4.52 Å². The van der Waals surface area contributed by atoms with Crippen molar-refractivity contribution in [1.29, 1.82) is 0 Å². The van der Waals surface area contributed by atoms with Gasteiger partial charge in [0.15, 0.2) is 5.82 Å². The minimum absolute atomic E-state index is 0.0282. The van der Waals surface area contributed by atoms with Crippen LogP contribution in [0.3, 0.4) is 0 Å². The molecule has 0 aliphatic carbocycles. The summed E-state index contributed by atoms with van der Waals surface area (Å²) >= 11 is 0. The molecule has 2 amide bonds. The van der Waals surface area contributed by atoms with Gasteiger partial charge in [0.25, 0.3) is 0 Å². The molecule has 2 N–H and O–H groups in total. The Labute approximate surface area is 162 Å². The van der Waals surface area contributed by atoms with Gasteiger partial charge < -0.3 is 19.7 Å². The van der Waals surface area contributed by atoms with Gasteiger partial charge >= 0.3 is 0 Å². The van der Waals surface area contributed by atoms with E-state index in [1.54, 1.807) is 6.92 Å². The van der Waals surface area contributed by atoms with Crippen molar-refractivity contribution in [1.82, 2.24) is 25.3 Å². The van der Waals surface area contributed by atoms with Gasteiger partial charge in [-0.1, -0.05) is 23.4 Å². The Morgan fingerprint density at radius 3 is 2.82 bits per heavy atom. The number of aromatic amines is 1. The fourth-order valence-electron chi connectivity index (χ4n) is 3.66. The third-order valence-corrected chi connectivity index (χ3v) is 5.22. The lowest BCUT2D eigenvalue weighted by molar-refractivity contribution is -0.135. The number of rotatable bonds is 5. The quantitative estimate of drug-likeness (QED) is 0.703. The largest absolute Gasteiger partial charge is 0.361 e. The Morgan fingerprint density at radius 1 is 1.29 bits per heavy atom.